The van der Waals surface area contributed by atoms with Gasteiger partial charge in [-0.3, -0.25) is 0 Å². The minimum absolute atomic E-state index is 0.0415. The van der Waals surface area contributed by atoms with Crippen LogP contribution in [0.2, 0.25) is 0 Å². The summed E-state index contributed by atoms with van der Waals surface area (Å²) in [6.07, 6.45) is 0. The van der Waals surface area contributed by atoms with Gasteiger partial charge in [0.05, 0.1) is 0 Å². The molecule has 0 radical (unpaired) electrons. The Bertz CT molecular complexity index is 1050. The van der Waals surface area contributed by atoms with Crippen molar-refractivity contribution in [2.24, 2.45) is 0 Å². The number of rotatable bonds is 0. The first-order chi connectivity index (χ1) is 11.8. The Balaban J connectivity index is 1.93. The summed E-state index contributed by atoms with van der Waals surface area (Å²) in [5.74, 6) is 0. The lowest BCUT2D eigenvalue weighted by atomic mass is 9.77. The van der Waals surface area contributed by atoms with E-state index in [-0.39, 0.29) is 10.8 Å². The molecule has 3 aromatic rings. The van der Waals surface area contributed by atoms with Crippen molar-refractivity contribution in [3.8, 4) is 22.3 Å². The largest absolute Gasteiger partial charge is 0.139 e. The Hall–Kier alpha value is -2.28. The van der Waals surface area contributed by atoms with Gasteiger partial charge in [-0.15, -0.1) is 0 Å². The van der Waals surface area contributed by atoms with Gasteiger partial charge >= 0.3 is 0 Å². The molecule has 122 valence electrons. The molecule has 5 rings (SSSR count). The normalized spacial score (nSPS) is 17.6. The van der Waals surface area contributed by atoms with Crippen LogP contribution in [0, 0.1) is 0 Å². The van der Waals surface area contributed by atoms with Gasteiger partial charge in [-0.05, 0) is 44.5 Å². The molecule has 0 amide bonds. The van der Waals surface area contributed by atoms with E-state index in [0.29, 0.717) is 0 Å². The van der Waals surface area contributed by atoms with Gasteiger partial charge in [-0.25, -0.2) is 0 Å². The molecule has 0 aliphatic heterocycles. The van der Waals surface area contributed by atoms with E-state index in [0.717, 1.165) is 0 Å². The summed E-state index contributed by atoms with van der Waals surface area (Å²) in [6, 6.07) is 20.7. The fraction of sp³-hybridized carbons (Fsp3) is 0.250. The molecule has 0 atom stereocenters. The van der Waals surface area contributed by atoms with Crippen LogP contribution in [-0.4, -0.2) is 7.85 Å². The maximum absolute atomic E-state index is 2.39. The van der Waals surface area contributed by atoms with E-state index in [9.17, 15) is 0 Å². The van der Waals surface area contributed by atoms with Crippen molar-refractivity contribution < 1.29 is 0 Å². The van der Waals surface area contributed by atoms with Crippen LogP contribution in [0.1, 0.15) is 49.9 Å². The summed E-state index contributed by atoms with van der Waals surface area (Å²) >= 11 is 0. The molecule has 0 nitrogen and oxygen atoms in total. The second kappa shape index (κ2) is 4.46. The Morgan fingerprint density at radius 1 is 0.640 bits per heavy atom. The third-order valence-corrected chi connectivity index (χ3v) is 6.51. The number of fused-ring (bicyclic) bond motifs is 7. The second-order valence-corrected chi connectivity index (χ2v) is 8.76. The predicted octanol–water partition coefficient (Wildman–Crippen LogP) is 4.56. The molecule has 2 aliphatic carbocycles. The minimum atomic E-state index is 0.0415. The molecule has 2 aliphatic rings. The number of hydrogen-bond donors (Lipinski definition) is 0. The Labute approximate surface area is 151 Å². The highest BCUT2D eigenvalue weighted by Crippen LogP contribution is 2.58. The molecule has 0 saturated carbocycles. The van der Waals surface area contributed by atoms with Crippen LogP contribution in [0.3, 0.4) is 0 Å². The maximum atomic E-state index is 2.39. The van der Waals surface area contributed by atoms with Crippen LogP contribution in [0.25, 0.3) is 22.3 Å². The van der Waals surface area contributed by atoms with Gasteiger partial charge in [0.15, 0.2) is 0 Å². The lowest BCUT2D eigenvalue weighted by Gasteiger charge is -2.26. The molecule has 1 heteroatoms. The van der Waals surface area contributed by atoms with Gasteiger partial charge < -0.3 is 0 Å². The van der Waals surface area contributed by atoms with Crippen molar-refractivity contribution in [2.45, 2.75) is 38.5 Å². The van der Waals surface area contributed by atoms with E-state index in [1.54, 1.807) is 0 Å². The van der Waals surface area contributed by atoms with Crippen LogP contribution in [0.4, 0.5) is 0 Å². The van der Waals surface area contributed by atoms with Crippen molar-refractivity contribution in [1.29, 1.82) is 0 Å². The van der Waals surface area contributed by atoms with E-state index in [4.69, 9.17) is 0 Å². The lowest BCUT2D eigenvalue weighted by Crippen LogP contribution is -2.18. The van der Waals surface area contributed by atoms with Crippen LogP contribution < -0.4 is 5.46 Å². The molecular weight excluding hydrogens is 299 g/mol. The van der Waals surface area contributed by atoms with Gasteiger partial charge in [0, 0.05) is 10.8 Å². The van der Waals surface area contributed by atoms with Gasteiger partial charge in [0.1, 0.15) is 7.85 Å². The second-order valence-electron chi connectivity index (χ2n) is 8.76. The lowest BCUT2D eigenvalue weighted by molar-refractivity contribution is 0.648. The molecular formula is C24H23B. The standard InChI is InChI=1S/C24H23B/c1-23(2)19-12-11-16-15-7-5-6-8-18(15)24(3,4)22(16)21(19)17-10-9-14(25)13-20(17)23/h5-13H,25H2,1-4H3. The SMILES string of the molecule is Bc1ccc2c(c1)C(C)(C)c1ccc3c(c1-2)C(C)(C)c1ccccc1-3. The van der Waals surface area contributed by atoms with Crippen molar-refractivity contribution >= 4 is 13.3 Å². The molecule has 0 bridgehead atoms. The Morgan fingerprint density at radius 3 is 2.16 bits per heavy atom. The highest BCUT2D eigenvalue weighted by Gasteiger charge is 2.44. The number of benzene rings is 3. The quantitative estimate of drug-likeness (QED) is 0.532. The van der Waals surface area contributed by atoms with E-state index >= 15 is 0 Å². The first-order valence-corrected chi connectivity index (χ1v) is 9.23. The van der Waals surface area contributed by atoms with E-state index in [2.05, 4.69) is 90.1 Å². The van der Waals surface area contributed by atoms with Gasteiger partial charge in [0.25, 0.3) is 0 Å². The third-order valence-electron chi connectivity index (χ3n) is 6.51. The zero-order valence-electron chi connectivity index (χ0n) is 15.7. The van der Waals surface area contributed by atoms with Crippen LogP contribution in [0.5, 0.6) is 0 Å². The smallest absolute Gasteiger partial charge is 0.0886 e. The molecule has 0 heterocycles. The fourth-order valence-electron chi connectivity index (χ4n) is 5.21. The van der Waals surface area contributed by atoms with E-state index < -0.39 is 0 Å². The topological polar surface area (TPSA) is 0 Å². The summed E-state index contributed by atoms with van der Waals surface area (Å²) in [6.45, 7) is 9.52. The molecule has 0 aromatic heterocycles. The summed E-state index contributed by atoms with van der Waals surface area (Å²) in [7, 11) is 2.20. The Kier molecular flexibility index (Phi) is 2.68. The zero-order chi connectivity index (χ0) is 17.6. The van der Waals surface area contributed by atoms with Gasteiger partial charge in [-0.2, -0.15) is 0 Å². The molecule has 0 fully saturated rings. The molecule has 0 unspecified atom stereocenters. The summed E-state index contributed by atoms with van der Waals surface area (Å²) in [4.78, 5) is 0. The monoisotopic (exact) mass is 322 g/mol. The van der Waals surface area contributed by atoms with Crippen molar-refractivity contribution in [3.05, 3.63) is 76.9 Å². The highest BCUT2D eigenvalue weighted by molar-refractivity contribution is 6.32. The minimum Gasteiger partial charge on any atom is -0.0886 e. The van der Waals surface area contributed by atoms with E-state index in [1.807, 2.05) is 0 Å². The first kappa shape index (κ1) is 15.0. The average molecular weight is 322 g/mol. The summed E-state index contributed by atoms with van der Waals surface area (Å²) < 4.78 is 0. The number of hydrogen-bond acceptors (Lipinski definition) is 0. The van der Waals surface area contributed by atoms with Crippen molar-refractivity contribution in [2.75, 3.05) is 0 Å². The van der Waals surface area contributed by atoms with Gasteiger partial charge in [-0.1, -0.05) is 87.8 Å². The average Bonchev–Trinajstić information content (AvgIpc) is 2.95. The van der Waals surface area contributed by atoms with Crippen LogP contribution >= 0.6 is 0 Å². The molecule has 3 aromatic carbocycles. The first-order valence-electron chi connectivity index (χ1n) is 9.23. The predicted molar refractivity (Wildman–Crippen MR) is 110 cm³/mol. The fourth-order valence-corrected chi connectivity index (χ4v) is 5.21. The Morgan fingerprint density at radius 2 is 1.36 bits per heavy atom. The zero-order valence-corrected chi connectivity index (χ0v) is 15.7. The van der Waals surface area contributed by atoms with Crippen LogP contribution in [-0.2, 0) is 10.8 Å². The molecule has 0 N–H and O–H groups in total. The molecule has 0 saturated heterocycles. The highest BCUT2D eigenvalue weighted by atomic mass is 14.5. The van der Waals surface area contributed by atoms with Gasteiger partial charge in [0.2, 0.25) is 0 Å². The van der Waals surface area contributed by atoms with Crippen molar-refractivity contribution in [1.82, 2.24) is 0 Å². The van der Waals surface area contributed by atoms with E-state index in [1.165, 1.54) is 50.0 Å². The molecule has 0 spiro atoms. The summed E-state index contributed by atoms with van der Waals surface area (Å²) in [5.41, 5.74) is 13.1. The molecule has 25 heavy (non-hydrogen) atoms. The maximum Gasteiger partial charge on any atom is 0.139 e. The third kappa shape index (κ3) is 1.69. The van der Waals surface area contributed by atoms with Crippen molar-refractivity contribution in [3.63, 3.8) is 0 Å². The van der Waals surface area contributed by atoms with Crippen LogP contribution in [0.15, 0.2) is 54.6 Å². The summed E-state index contributed by atoms with van der Waals surface area (Å²) in [5, 5.41) is 0.